The number of hydrogen-bond acceptors (Lipinski definition) is 6. The molecule has 0 fully saturated rings. The van der Waals surface area contributed by atoms with Crippen LogP contribution in [0.15, 0.2) is 35.7 Å². The Labute approximate surface area is 134 Å². The molecule has 0 saturated carbocycles. The summed E-state index contributed by atoms with van der Waals surface area (Å²) in [4.78, 5) is 13.0. The van der Waals surface area contributed by atoms with E-state index >= 15 is 0 Å². The Balaban J connectivity index is 1.73. The standard InChI is InChI=1S/C17H19N5O/c1-19-15-14(8-20-10-21-15)12-3-2-11-4-5-17(7-13(11)6-12)9-23-16(18)22-17/h2-3,6,8,10H,4-5,7,9H2,1H3,(H2,18,22)(H,19,20,21)/t17-/m1/s1. The second-order valence-corrected chi connectivity index (χ2v) is 6.16. The molecule has 118 valence electrons. The highest BCUT2D eigenvalue weighted by Gasteiger charge is 2.39. The first-order valence-corrected chi connectivity index (χ1v) is 7.77. The minimum absolute atomic E-state index is 0.186. The van der Waals surface area contributed by atoms with E-state index < -0.39 is 0 Å². The maximum absolute atomic E-state index is 5.72. The average Bonchev–Trinajstić information content (AvgIpc) is 2.94. The Kier molecular flexibility index (Phi) is 3.18. The molecule has 6 heteroatoms. The van der Waals surface area contributed by atoms with Crippen molar-refractivity contribution in [3.05, 3.63) is 41.9 Å². The highest BCUT2D eigenvalue weighted by Crippen LogP contribution is 2.37. The molecule has 0 bridgehead atoms. The van der Waals surface area contributed by atoms with Crippen LogP contribution in [0.2, 0.25) is 0 Å². The lowest BCUT2D eigenvalue weighted by molar-refractivity contribution is 0.235. The summed E-state index contributed by atoms with van der Waals surface area (Å²) in [5.41, 5.74) is 10.3. The number of fused-ring (bicyclic) bond motifs is 1. The van der Waals surface area contributed by atoms with E-state index in [1.165, 1.54) is 11.1 Å². The molecular weight excluding hydrogens is 290 g/mol. The Morgan fingerprint density at radius 1 is 1.30 bits per heavy atom. The summed E-state index contributed by atoms with van der Waals surface area (Å²) in [6, 6.07) is 6.88. The zero-order valence-electron chi connectivity index (χ0n) is 13.0. The normalized spacial score (nSPS) is 22.4. The van der Waals surface area contributed by atoms with Crippen molar-refractivity contribution in [2.24, 2.45) is 10.7 Å². The van der Waals surface area contributed by atoms with Crippen molar-refractivity contribution in [3.63, 3.8) is 0 Å². The molecule has 1 aromatic heterocycles. The van der Waals surface area contributed by atoms with Gasteiger partial charge in [-0.3, -0.25) is 0 Å². The van der Waals surface area contributed by atoms with Crippen LogP contribution in [0.25, 0.3) is 11.1 Å². The quantitative estimate of drug-likeness (QED) is 0.883. The predicted octanol–water partition coefficient (Wildman–Crippen LogP) is 1.76. The van der Waals surface area contributed by atoms with Gasteiger partial charge in [0, 0.05) is 25.2 Å². The summed E-state index contributed by atoms with van der Waals surface area (Å²) in [5.74, 6) is 0.830. The van der Waals surface area contributed by atoms with Gasteiger partial charge in [0.1, 0.15) is 24.3 Å². The molecular formula is C17H19N5O. The SMILES string of the molecule is CNc1ncncc1-c1ccc2c(c1)C[C@]1(CC2)COC(N)=N1. The fourth-order valence-corrected chi connectivity index (χ4v) is 3.48. The molecule has 1 aliphatic heterocycles. The number of ether oxygens (including phenoxy) is 1. The lowest BCUT2D eigenvalue weighted by Crippen LogP contribution is -2.35. The Morgan fingerprint density at radius 3 is 3.00 bits per heavy atom. The van der Waals surface area contributed by atoms with Gasteiger partial charge in [0.15, 0.2) is 0 Å². The molecule has 1 spiro atoms. The molecule has 0 amide bonds. The molecule has 6 nitrogen and oxygen atoms in total. The number of aliphatic imine (C=N–C) groups is 1. The zero-order chi connectivity index (χ0) is 15.9. The van der Waals surface area contributed by atoms with Gasteiger partial charge >= 0.3 is 0 Å². The molecule has 1 atom stereocenters. The van der Waals surface area contributed by atoms with Crippen molar-refractivity contribution in [3.8, 4) is 11.1 Å². The summed E-state index contributed by atoms with van der Waals surface area (Å²) in [7, 11) is 1.87. The van der Waals surface area contributed by atoms with Gasteiger partial charge in [-0.15, -0.1) is 0 Å². The molecule has 0 unspecified atom stereocenters. The van der Waals surface area contributed by atoms with Gasteiger partial charge in [-0.25, -0.2) is 15.0 Å². The Bertz CT molecular complexity index is 788. The molecule has 0 radical (unpaired) electrons. The number of hydrogen-bond donors (Lipinski definition) is 2. The topological polar surface area (TPSA) is 85.4 Å². The number of nitrogens with two attached hydrogens (primary N) is 1. The van der Waals surface area contributed by atoms with Gasteiger partial charge in [0.05, 0.1) is 0 Å². The minimum atomic E-state index is -0.186. The van der Waals surface area contributed by atoms with Crippen molar-refractivity contribution in [2.45, 2.75) is 24.8 Å². The number of rotatable bonds is 2. The van der Waals surface area contributed by atoms with Crippen LogP contribution in [0.1, 0.15) is 17.5 Å². The van der Waals surface area contributed by atoms with Gasteiger partial charge in [-0.05, 0) is 29.5 Å². The van der Waals surface area contributed by atoms with E-state index in [-0.39, 0.29) is 5.54 Å². The first-order valence-electron chi connectivity index (χ1n) is 7.77. The van der Waals surface area contributed by atoms with Crippen LogP contribution < -0.4 is 11.1 Å². The average molecular weight is 309 g/mol. The largest absolute Gasteiger partial charge is 0.463 e. The maximum atomic E-state index is 5.72. The summed E-state index contributed by atoms with van der Waals surface area (Å²) >= 11 is 0. The lowest BCUT2D eigenvalue weighted by Gasteiger charge is -2.30. The smallest absolute Gasteiger partial charge is 0.282 e. The maximum Gasteiger partial charge on any atom is 0.282 e. The first kappa shape index (κ1) is 14.0. The van der Waals surface area contributed by atoms with Crippen LogP contribution >= 0.6 is 0 Å². The fourth-order valence-electron chi connectivity index (χ4n) is 3.48. The second kappa shape index (κ2) is 5.22. The molecule has 0 saturated heterocycles. The van der Waals surface area contributed by atoms with Crippen LogP contribution in [0.3, 0.4) is 0 Å². The summed E-state index contributed by atoms with van der Waals surface area (Å²) in [5, 5.41) is 3.12. The molecule has 23 heavy (non-hydrogen) atoms. The third-order valence-electron chi connectivity index (χ3n) is 4.68. The highest BCUT2D eigenvalue weighted by molar-refractivity contribution is 5.76. The number of anilines is 1. The number of benzene rings is 1. The molecule has 1 aliphatic carbocycles. The molecule has 2 aromatic rings. The predicted molar refractivity (Wildman–Crippen MR) is 89.3 cm³/mol. The minimum Gasteiger partial charge on any atom is -0.463 e. The monoisotopic (exact) mass is 309 g/mol. The lowest BCUT2D eigenvalue weighted by atomic mass is 9.78. The van der Waals surface area contributed by atoms with Crippen molar-refractivity contribution in [1.29, 1.82) is 0 Å². The number of aryl methyl sites for hydroxylation is 1. The van der Waals surface area contributed by atoms with Crippen molar-refractivity contribution < 1.29 is 4.74 Å². The van der Waals surface area contributed by atoms with Crippen LogP contribution in [-0.4, -0.2) is 35.2 Å². The number of nitrogens with one attached hydrogen (secondary N) is 1. The second-order valence-electron chi connectivity index (χ2n) is 6.16. The van der Waals surface area contributed by atoms with Crippen molar-refractivity contribution in [2.75, 3.05) is 19.0 Å². The van der Waals surface area contributed by atoms with Crippen LogP contribution in [0, 0.1) is 0 Å². The van der Waals surface area contributed by atoms with Crippen LogP contribution in [-0.2, 0) is 17.6 Å². The molecule has 2 heterocycles. The van der Waals surface area contributed by atoms with Gasteiger partial charge in [-0.1, -0.05) is 18.2 Å². The summed E-state index contributed by atoms with van der Waals surface area (Å²) in [6.07, 6.45) is 6.24. The Morgan fingerprint density at radius 2 is 2.22 bits per heavy atom. The van der Waals surface area contributed by atoms with E-state index in [0.717, 1.165) is 36.2 Å². The van der Waals surface area contributed by atoms with Crippen molar-refractivity contribution in [1.82, 2.24) is 9.97 Å². The van der Waals surface area contributed by atoms with Crippen LogP contribution in [0.5, 0.6) is 0 Å². The van der Waals surface area contributed by atoms with E-state index in [4.69, 9.17) is 10.5 Å². The molecule has 4 rings (SSSR count). The van der Waals surface area contributed by atoms with E-state index in [1.807, 2.05) is 13.2 Å². The van der Waals surface area contributed by atoms with Gasteiger partial charge in [0.2, 0.25) is 0 Å². The van der Waals surface area contributed by atoms with E-state index in [9.17, 15) is 0 Å². The van der Waals surface area contributed by atoms with Crippen molar-refractivity contribution >= 4 is 11.8 Å². The highest BCUT2D eigenvalue weighted by atomic mass is 16.5. The Hall–Kier alpha value is -2.63. The van der Waals surface area contributed by atoms with Gasteiger partial charge < -0.3 is 15.8 Å². The zero-order valence-corrected chi connectivity index (χ0v) is 13.0. The molecule has 1 aromatic carbocycles. The molecule has 2 aliphatic rings. The van der Waals surface area contributed by atoms with Gasteiger partial charge in [-0.2, -0.15) is 0 Å². The number of amidine groups is 1. The third kappa shape index (κ3) is 2.40. The van der Waals surface area contributed by atoms with E-state index in [2.05, 4.69) is 38.5 Å². The fraction of sp³-hybridized carbons (Fsp3) is 0.353. The third-order valence-corrected chi connectivity index (χ3v) is 4.68. The van der Waals surface area contributed by atoms with Gasteiger partial charge in [0.25, 0.3) is 6.02 Å². The summed E-state index contributed by atoms with van der Waals surface area (Å²) < 4.78 is 5.41. The van der Waals surface area contributed by atoms with E-state index in [0.29, 0.717) is 12.6 Å². The molecule has 3 N–H and O–H groups in total. The van der Waals surface area contributed by atoms with E-state index in [1.54, 1.807) is 6.33 Å². The number of nitrogens with zero attached hydrogens (tertiary/aromatic N) is 3. The first-order chi connectivity index (χ1) is 11.2. The van der Waals surface area contributed by atoms with Crippen LogP contribution in [0.4, 0.5) is 5.82 Å². The summed E-state index contributed by atoms with van der Waals surface area (Å²) in [6.45, 7) is 0.582. The number of aromatic nitrogens is 2.